The van der Waals surface area contributed by atoms with Crippen LogP contribution in [0.1, 0.15) is 22.6 Å². The van der Waals surface area contributed by atoms with E-state index in [1.807, 2.05) is 25.1 Å². The summed E-state index contributed by atoms with van der Waals surface area (Å²) in [5, 5.41) is 3.92. The lowest BCUT2D eigenvalue weighted by molar-refractivity contribution is 0.155. The highest BCUT2D eigenvalue weighted by atomic mass is 16.5. The minimum absolute atomic E-state index is 0.400. The van der Waals surface area contributed by atoms with E-state index in [-0.39, 0.29) is 0 Å². The van der Waals surface area contributed by atoms with Crippen LogP contribution in [0.3, 0.4) is 0 Å². The van der Waals surface area contributed by atoms with E-state index in [2.05, 4.69) is 18.1 Å². The van der Waals surface area contributed by atoms with Crippen molar-refractivity contribution in [1.82, 2.24) is 5.16 Å². The lowest BCUT2D eigenvalue weighted by atomic mass is 10.1. The summed E-state index contributed by atoms with van der Waals surface area (Å²) >= 11 is 0. The van der Waals surface area contributed by atoms with E-state index >= 15 is 0 Å². The first-order chi connectivity index (χ1) is 8.69. The normalized spacial score (nSPS) is 10.6. The molecule has 0 atom stereocenters. The molecule has 0 unspecified atom stereocenters. The summed E-state index contributed by atoms with van der Waals surface area (Å²) in [6, 6.07) is 7.93. The van der Waals surface area contributed by atoms with E-state index in [1.165, 1.54) is 5.56 Å². The third-order valence-electron chi connectivity index (χ3n) is 2.60. The maximum absolute atomic E-state index is 5.71. The smallest absolute Gasteiger partial charge is 0.162 e. The second kappa shape index (κ2) is 5.69. The molecule has 1 aromatic carbocycles. The Morgan fingerprint density at radius 2 is 2.00 bits per heavy atom. The van der Waals surface area contributed by atoms with E-state index in [9.17, 15) is 0 Å². The lowest BCUT2D eigenvalue weighted by Crippen LogP contribution is -1.97. The lowest BCUT2D eigenvalue weighted by Gasteiger charge is -2.07. The van der Waals surface area contributed by atoms with Crippen molar-refractivity contribution < 1.29 is 14.0 Å². The SMILES string of the molecule is COCc1cc(COc2ccc(C)cc2C)no1. The van der Waals surface area contributed by atoms with Crippen molar-refractivity contribution in [3.8, 4) is 5.75 Å². The predicted molar refractivity (Wildman–Crippen MR) is 67.5 cm³/mol. The first-order valence-electron chi connectivity index (χ1n) is 5.82. The largest absolute Gasteiger partial charge is 0.487 e. The zero-order chi connectivity index (χ0) is 13.0. The number of methoxy groups -OCH3 is 1. The van der Waals surface area contributed by atoms with Crippen molar-refractivity contribution >= 4 is 0 Å². The third kappa shape index (κ3) is 3.11. The molecule has 0 saturated heterocycles. The first kappa shape index (κ1) is 12.6. The van der Waals surface area contributed by atoms with Gasteiger partial charge < -0.3 is 14.0 Å². The summed E-state index contributed by atoms with van der Waals surface area (Å²) in [5.74, 6) is 1.58. The van der Waals surface area contributed by atoms with Crippen molar-refractivity contribution in [2.24, 2.45) is 0 Å². The van der Waals surface area contributed by atoms with Crippen molar-refractivity contribution in [3.63, 3.8) is 0 Å². The molecule has 0 aliphatic heterocycles. The van der Waals surface area contributed by atoms with Gasteiger partial charge in [0.15, 0.2) is 5.76 Å². The Hall–Kier alpha value is -1.81. The Morgan fingerprint density at radius 1 is 1.17 bits per heavy atom. The molecule has 0 bridgehead atoms. The quantitative estimate of drug-likeness (QED) is 0.814. The Kier molecular flexibility index (Phi) is 3.99. The van der Waals surface area contributed by atoms with Crippen LogP contribution >= 0.6 is 0 Å². The third-order valence-corrected chi connectivity index (χ3v) is 2.60. The number of benzene rings is 1. The second-order valence-electron chi connectivity index (χ2n) is 4.28. The van der Waals surface area contributed by atoms with E-state index in [0.29, 0.717) is 19.0 Å². The Bertz CT molecular complexity index is 520. The van der Waals surface area contributed by atoms with Crippen LogP contribution in [-0.4, -0.2) is 12.3 Å². The fraction of sp³-hybridized carbons (Fsp3) is 0.357. The van der Waals surface area contributed by atoms with Gasteiger partial charge in [0.05, 0.1) is 0 Å². The van der Waals surface area contributed by atoms with Gasteiger partial charge in [-0.15, -0.1) is 0 Å². The Labute approximate surface area is 107 Å². The zero-order valence-electron chi connectivity index (χ0n) is 10.9. The minimum atomic E-state index is 0.400. The molecule has 96 valence electrons. The van der Waals surface area contributed by atoms with Gasteiger partial charge in [-0.05, 0) is 25.5 Å². The summed E-state index contributed by atoms with van der Waals surface area (Å²) in [6.07, 6.45) is 0. The standard InChI is InChI=1S/C14H17NO3/c1-10-4-5-14(11(2)6-10)17-8-12-7-13(9-16-3)18-15-12/h4-7H,8-9H2,1-3H3. The summed E-state index contributed by atoms with van der Waals surface area (Å²) in [4.78, 5) is 0. The maximum Gasteiger partial charge on any atom is 0.162 e. The highest BCUT2D eigenvalue weighted by Gasteiger charge is 2.06. The molecular weight excluding hydrogens is 230 g/mol. The number of hydrogen-bond donors (Lipinski definition) is 0. The fourth-order valence-electron chi connectivity index (χ4n) is 1.75. The molecule has 2 aromatic rings. The number of aryl methyl sites for hydroxylation is 2. The monoisotopic (exact) mass is 247 g/mol. The maximum atomic E-state index is 5.71. The van der Waals surface area contributed by atoms with Crippen molar-refractivity contribution in [1.29, 1.82) is 0 Å². The van der Waals surface area contributed by atoms with E-state index in [0.717, 1.165) is 17.0 Å². The van der Waals surface area contributed by atoms with Gasteiger partial charge in [-0.2, -0.15) is 0 Å². The van der Waals surface area contributed by atoms with Gasteiger partial charge in [0.25, 0.3) is 0 Å². The average Bonchev–Trinajstić information content (AvgIpc) is 2.76. The molecule has 0 amide bonds. The van der Waals surface area contributed by atoms with Crippen LogP contribution in [0.5, 0.6) is 5.75 Å². The molecule has 4 nitrogen and oxygen atoms in total. The van der Waals surface area contributed by atoms with Crippen LogP contribution in [0.15, 0.2) is 28.8 Å². The van der Waals surface area contributed by atoms with Crippen LogP contribution in [0.2, 0.25) is 0 Å². The molecule has 18 heavy (non-hydrogen) atoms. The summed E-state index contributed by atoms with van der Waals surface area (Å²) < 4.78 is 15.8. The summed E-state index contributed by atoms with van der Waals surface area (Å²) in [6.45, 7) is 4.92. The Balaban J connectivity index is 1.97. The molecule has 1 heterocycles. The fourth-order valence-corrected chi connectivity index (χ4v) is 1.75. The molecule has 0 spiro atoms. The Morgan fingerprint density at radius 3 is 2.72 bits per heavy atom. The predicted octanol–water partition coefficient (Wildman–Crippen LogP) is 3.02. The van der Waals surface area contributed by atoms with Gasteiger partial charge in [0.2, 0.25) is 0 Å². The summed E-state index contributed by atoms with van der Waals surface area (Å²) in [7, 11) is 1.62. The summed E-state index contributed by atoms with van der Waals surface area (Å²) in [5.41, 5.74) is 3.11. The van der Waals surface area contributed by atoms with Gasteiger partial charge >= 0.3 is 0 Å². The van der Waals surface area contributed by atoms with E-state index in [4.69, 9.17) is 14.0 Å². The van der Waals surface area contributed by atoms with E-state index < -0.39 is 0 Å². The number of ether oxygens (including phenoxy) is 2. The molecule has 0 aliphatic rings. The molecule has 0 N–H and O–H groups in total. The van der Waals surface area contributed by atoms with Crippen LogP contribution in [0.4, 0.5) is 0 Å². The molecule has 0 fully saturated rings. The minimum Gasteiger partial charge on any atom is -0.487 e. The number of hydrogen-bond acceptors (Lipinski definition) is 4. The number of rotatable bonds is 5. The van der Waals surface area contributed by atoms with Gasteiger partial charge in [0.1, 0.15) is 24.7 Å². The topological polar surface area (TPSA) is 44.5 Å². The van der Waals surface area contributed by atoms with Gasteiger partial charge in [-0.25, -0.2) is 0 Å². The van der Waals surface area contributed by atoms with Crippen molar-refractivity contribution in [2.75, 3.05) is 7.11 Å². The molecule has 2 rings (SSSR count). The highest BCUT2D eigenvalue weighted by molar-refractivity contribution is 5.35. The molecular formula is C14H17NO3. The van der Waals surface area contributed by atoms with Crippen LogP contribution in [0.25, 0.3) is 0 Å². The molecule has 4 heteroatoms. The van der Waals surface area contributed by atoms with Crippen LogP contribution < -0.4 is 4.74 Å². The van der Waals surface area contributed by atoms with Crippen LogP contribution in [-0.2, 0) is 18.0 Å². The zero-order valence-corrected chi connectivity index (χ0v) is 10.9. The van der Waals surface area contributed by atoms with Crippen LogP contribution in [0, 0.1) is 13.8 Å². The van der Waals surface area contributed by atoms with Crippen molar-refractivity contribution in [3.05, 3.63) is 46.8 Å². The number of nitrogens with zero attached hydrogens (tertiary/aromatic N) is 1. The molecule has 0 aliphatic carbocycles. The number of aromatic nitrogens is 1. The van der Waals surface area contributed by atoms with Gasteiger partial charge in [-0.3, -0.25) is 0 Å². The molecule has 1 aromatic heterocycles. The van der Waals surface area contributed by atoms with Crippen molar-refractivity contribution in [2.45, 2.75) is 27.1 Å². The molecule has 0 saturated carbocycles. The molecule has 0 radical (unpaired) electrons. The van der Waals surface area contributed by atoms with Gasteiger partial charge in [0, 0.05) is 13.2 Å². The average molecular weight is 247 g/mol. The second-order valence-corrected chi connectivity index (χ2v) is 4.28. The first-order valence-corrected chi connectivity index (χ1v) is 5.82. The van der Waals surface area contributed by atoms with E-state index in [1.54, 1.807) is 7.11 Å². The van der Waals surface area contributed by atoms with Gasteiger partial charge in [-0.1, -0.05) is 22.9 Å². The highest BCUT2D eigenvalue weighted by Crippen LogP contribution is 2.20.